The number of carbonyl (C=O) groups excluding carboxylic acids is 1. The Morgan fingerprint density at radius 2 is 1.67 bits per heavy atom. The number of methoxy groups -OCH3 is 2. The van der Waals surface area contributed by atoms with Gasteiger partial charge in [0.25, 0.3) is 0 Å². The molecule has 0 atom stereocenters. The van der Waals surface area contributed by atoms with Gasteiger partial charge in [0.15, 0.2) is 5.75 Å². The fourth-order valence-corrected chi connectivity index (χ4v) is 2.49. The van der Waals surface area contributed by atoms with Crippen LogP contribution in [0.25, 0.3) is 0 Å². The second-order valence-corrected chi connectivity index (χ2v) is 5.34. The molecule has 2 aromatic carbocycles. The Bertz CT molecular complexity index is 780. The maximum atomic E-state index is 11.5. The fraction of sp³-hybridized carbons (Fsp3) is 0.125. The number of carbonyl (C=O) groups is 2. The number of carboxylic acids is 1. The monoisotopic (exact) mass is 370 g/mol. The highest BCUT2D eigenvalue weighted by molar-refractivity contribution is 6.37. The predicted octanol–water partition coefficient (Wildman–Crippen LogP) is 4.28. The summed E-state index contributed by atoms with van der Waals surface area (Å²) in [5, 5.41) is 9.34. The molecule has 8 heteroatoms. The summed E-state index contributed by atoms with van der Waals surface area (Å²) in [5.41, 5.74) is 0.0919. The molecule has 0 fully saturated rings. The van der Waals surface area contributed by atoms with E-state index in [1.54, 1.807) is 0 Å². The summed E-state index contributed by atoms with van der Waals surface area (Å²) < 4.78 is 15.1. The van der Waals surface area contributed by atoms with Crippen molar-refractivity contribution in [2.75, 3.05) is 14.2 Å². The van der Waals surface area contributed by atoms with Crippen molar-refractivity contribution in [3.05, 3.63) is 51.5 Å². The summed E-state index contributed by atoms with van der Waals surface area (Å²) in [6.45, 7) is 0. The molecule has 1 N–H and O–H groups in total. The van der Waals surface area contributed by atoms with E-state index in [9.17, 15) is 14.7 Å². The van der Waals surface area contributed by atoms with Gasteiger partial charge >= 0.3 is 11.9 Å². The third-order valence-corrected chi connectivity index (χ3v) is 3.60. The quantitative estimate of drug-likeness (QED) is 0.790. The number of benzene rings is 2. The zero-order chi connectivity index (χ0) is 17.9. The Labute approximate surface area is 147 Å². The standard InChI is InChI=1S/C16H12Cl2O6/c1-22-13-4-3-9(7-10(13)15(19)20)24-14-11(17)5-8(6-12(14)18)16(21)23-2/h3-7H,1-2H3,(H,19,20). The number of aromatic carboxylic acids is 1. The van der Waals surface area contributed by atoms with Gasteiger partial charge < -0.3 is 19.3 Å². The van der Waals surface area contributed by atoms with Crippen molar-refractivity contribution in [1.82, 2.24) is 0 Å². The van der Waals surface area contributed by atoms with Crippen LogP contribution >= 0.6 is 23.2 Å². The molecule has 0 aromatic heterocycles. The Hall–Kier alpha value is -2.44. The molecule has 0 aliphatic rings. The van der Waals surface area contributed by atoms with Gasteiger partial charge in [-0.2, -0.15) is 0 Å². The molecule has 0 heterocycles. The molecule has 126 valence electrons. The van der Waals surface area contributed by atoms with Crippen LogP contribution in [0.2, 0.25) is 10.0 Å². The van der Waals surface area contributed by atoms with E-state index in [4.69, 9.17) is 32.7 Å². The van der Waals surface area contributed by atoms with E-state index in [1.165, 1.54) is 44.6 Å². The first kappa shape index (κ1) is 17.9. The van der Waals surface area contributed by atoms with Gasteiger partial charge in [-0.1, -0.05) is 23.2 Å². The number of hydrogen-bond acceptors (Lipinski definition) is 5. The van der Waals surface area contributed by atoms with Crippen molar-refractivity contribution in [2.24, 2.45) is 0 Å². The van der Waals surface area contributed by atoms with Crippen LogP contribution in [0.1, 0.15) is 20.7 Å². The maximum Gasteiger partial charge on any atom is 0.339 e. The zero-order valence-electron chi connectivity index (χ0n) is 12.6. The molecular formula is C16H12Cl2O6. The molecule has 0 saturated carbocycles. The molecule has 6 nitrogen and oxygen atoms in total. The second kappa shape index (κ2) is 7.42. The molecule has 0 saturated heterocycles. The lowest BCUT2D eigenvalue weighted by molar-refractivity contribution is 0.0599. The van der Waals surface area contributed by atoms with Crippen molar-refractivity contribution in [2.45, 2.75) is 0 Å². The minimum Gasteiger partial charge on any atom is -0.496 e. The van der Waals surface area contributed by atoms with Crippen molar-refractivity contribution in [3.63, 3.8) is 0 Å². The van der Waals surface area contributed by atoms with Crippen LogP contribution < -0.4 is 9.47 Å². The molecule has 2 aromatic rings. The van der Waals surface area contributed by atoms with Gasteiger partial charge in [0.05, 0.1) is 29.8 Å². The number of hydrogen-bond donors (Lipinski definition) is 1. The van der Waals surface area contributed by atoms with Crippen LogP contribution in [0.4, 0.5) is 0 Å². The van der Waals surface area contributed by atoms with Gasteiger partial charge in [0.2, 0.25) is 0 Å². The van der Waals surface area contributed by atoms with Gasteiger partial charge in [-0.3, -0.25) is 0 Å². The molecule has 0 aliphatic heterocycles. The molecule has 2 rings (SSSR count). The van der Waals surface area contributed by atoms with E-state index in [0.29, 0.717) is 0 Å². The molecule has 24 heavy (non-hydrogen) atoms. The third kappa shape index (κ3) is 3.72. The maximum absolute atomic E-state index is 11.5. The van der Waals surface area contributed by atoms with Gasteiger partial charge in [0.1, 0.15) is 17.1 Å². The summed E-state index contributed by atoms with van der Waals surface area (Å²) in [7, 11) is 2.60. The third-order valence-electron chi connectivity index (χ3n) is 3.04. The number of halogens is 2. The number of rotatable bonds is 5. The Balaban J connectivity index is 2.40. The number of carboxylic acid groups (broad SMARTS) is 1. The molecule has 0 spiro atoms. The molecular weight excluding hydrogens is 359 g/mol. The molecule has 0 bridgehead atoms. The minimum absolute atomic E-state index is 0.0755. The number of ether oxygens (including phenoxy) is 3. The van der Waals surface area contributed by atoms with Gasteiger partial charge in [-0.15, -0.1) is 0 Å². The summed E-state index contributed by atoms with van der Waals surface area (Å²) >= 11 is 12.2. The molecule has 0 unspecified atom stereocenters. The van der Waals surface area contributed by atoms with E-state index >= 15 is 0 Å². The Morgan fingerprint density at radius 1 is 1.04 bits per heavy atom. The highest BCUT2D eigenvalue weighted by Crippen LogP contribution is 2.38. The van der Waals surface area contributed by atoms with Crippen LogP contribution in [-0.4, -0.2) is 31.3 Å². The first-order valence-corrected chi connectivity index (χ1v) is 7.29. The minimum atomic E-state index is -1.17. The average Bonchev–Trinajstić information content (AvgIpc) is 2.56. The Kier molecular flexibility index (Phi) is 5.54. The summed E-state index contributed by atoms with van der Waals surface area (Å²) in [6, 6.07) is 6.92. The molecule has 0 amide bonds. The fourth-order valence-electron chi connectivity index (χ4n) is 1.93. The average molecular weight is 371 g/mol. The van der Waals surface area contributed by atoms with Crippen LogP contribution in [-0.2, 0) is 4.74 Å². The first-order valence-electron chi connectivity index (χ1n) is 6.54. The van der Waals surface area contributed by atoms with Gasteiger partial charge in [-0.25, -0.2) is 9.59 Å². The topological polar surface area (TPSA) is 82.1 Å². The van der Waals surface area contributed by atoms with Crippen LogP contribution in [0, 0.1) is 0 Å². The smallest absolute Gasteiger partial charge is 0.339 e. The van der Waals surface area contributed by atoms with E-state index in [1.807, 2.05) is 0 Å². The summed E-state index contributed by atoms with van der Waals surface area (Å²) in [4.78, 5) is 22.8. The SMILES string of the molecule is COC(=O)c1cc(Cl)c(Oc2ccc(OC)c(C(=O)O)c2)c(Cl)c1. The second-order valence-electron chi connectivity index (χ2n) is 4.53. The zero-order valence-corrected chi connectivity index (χ0v) is 14.1. The lowest BCUT2D eigenvalue weighted by Crippen LogP contribution is -2.02. The van der Waals surface area contributed by atoms with Crippen LogP contribution in [0.3, 0.4) is 0 Å². The first-order chi connectivity index (χ1) is 11.4. The van der Waals surface area contributed by atoms with Gasteiger partial charge in [-0.05, 0) is 30.3 Å². The molecule has 0 radical (unpaired) electrons. The lowest BCUT2D eigenvalue weighted by Gasteiger charge is -2.12. The van der Waals surface area contributed by atoms with E-state index < -0.39 is 11.9 Å². The largest absolute Gasteiger partial charge is 0.496 e. The highest BCUT2D eigenvalue weighted by Gasteiger charge is 2.17. The summed E-state index contributed by atoms with van der Waals surface area (Å²) in [5.74, 6) is -1.29. The number of esters is 1. The highest BCUT2D eigenvalue weighted by atomic mass is 35.5. The van der Waals surface area contributed by atoms with E-state index in [-0.39, 0.29) is 38.4 Å². The van der Waals surface area contributed by atoms with Crippen molar-refractivity contribution in [1.29, 1.82) is 0 Å². The predicted molar refractivity (Wildman–Crippen MR) is 87.8 cm³/mol. The Morgan fingerprint density at radius 3 is 2.17 bits per heavy atom. The van der Waals surface area contributed by atoms with Crippen LogP contribution in [0.15, 0.2) is 30.3 Å². The normalized spacial score (nSPS) is 10.2. The summed E-state index contributed by atoms with van der Waals surface area (Å²) in [6.07, 6.45) is 0. The van der Waals surface area contributed by atoms with E-state index in [0.717, 1.165) is 0 Å². The van der Waals surface area contributed by atoms with Crippen molar-refractivity contribution in [3.8, 4) is 17.2 Å². The lowest BCUT2D eigenvalue weighted by atomic mass is 10.2. The van der Waals surface area contributed by atoms with Crippen LogP contribution in [0.5, 0.6) is 17.2 Å². The molecule has 0 aliphatic carbocycles. The van der Waals surface area contributed by atoms with Crippen molar-refractivity contribution >= 4 is 35.1 Å². The van der Waals surface area contributed by atoms with E-state index in [2.05, 4.69) is 4.74 Å². The van der Waals surface area contributed by atoms with Gasteiger partial charge in [0, 0.05) is 0 Å². The van der Waals surface area contributed by atoms with Crippen molar-refractivity contribution < 1.29 is 28.9 Å².